The zero-order valence-corrected chi connectivity index (χ0v) is 12.2. The summed E-state index contributed by atoms with van der Waals surface area (Å²) in [5.74, 6) is 0.165. The maximum absolute atomic E-state index is 12.0. The van der Waals surface area contributed by atoms with Crippen molar-refractivity contribution < 1.29 is 8.42 Å². The zero-order valence-electron chi connectivity index (χ0n) is 11.4. The van der Waals surface area contributed by atoms with Crippen molar-refractivity contribution in [3.8, 4) is 0 Å². The number of hydrogen-bond donors (Lipinski definition) is 2. The summed E-state index contributed by atoms with van der Waals surface area (Å²) in [6.07, 6.45) is 0.784. The van der Waals surface area contributed by atoms with Gasteiger partial charge in [-0.2, -0.15) is 4.31 Å². The maximum Gasteiger partial charge on any atom is 0.216 e. The molecule has 1 rings (SSSR count). The van der Waals surface area contributed by atoms with Crippen molar-refractivity contribution in [3.05, 3.63) is 0 Å². The average molecular weight is 276 g/mol. The molecule has 0 bridgehead atoms. The molecule has 0 aromatic rings. The van der Waals surface area contributed by atoms with E-state index in [1.165, 1.54) is 0 Å². The summed E-state index contributed by atoms with van der Waals surface area (Å²) >= 11 is 0. The molecule has 1 fully saturated rings. The summed E-state index contributed by atoms with van der Waals surface area (Å²) in [5.41, 5.74) is 5.56. The first-order valence-corrected chi connectivity index (χ1v) is 7.88. The number of nitrogens with one attached hydrogen (secondary N) is 1. The number of nitrogens with two attached hydrogens (primary N) is 1. The molecule has 7 heteroatoms. The minimum atomic E-state index is -3.15. The lowest BCUT2D eigenvalue weighted by molar-refractivity contribution is 0.163. The van der Waals surface area contributed by atoms with Gasteiger partial charge in [0.1, 0.15) is 5.84 Å². The minimum Gasteiger partial charge on any atom is -0.386 e. The highest BCUT2D eigenvalue weighted by molar-refractivity contribution is 7.89. The Labute approximate surface area is 110 Å². The monoisotopic (exact) mass is 276 g/mol. The molecule has 1 saturated heterocycles. The third kappa shape index (κ3) is 3.21. The molecule has 0 radical (unpaired) electrons. The van der Waals surface area contributed by atoms with Crippen LogP contribution in [0.2, 0.25) is 0 Å². The molecule has 106 valence electrons. The van der Waals surface area contributed by atoms with Gasteiger partial charge in [-0.3, -0.25) is 10.3 Å². The first kappa shape index (κ1) is 15.4. The first-order chi connectivity index (χ1) is 8.30. The largest absolute Gasteiger partial charge is 0.386 e. The molecule has 6 nitrogen and oxygen atoms in total. The first-order valence-electron chi connectivity index (χ1n) is 6.37. The van der Waals surface area contributed by atoms with Gasteiger partial charge in [-0.25, -0.2) is 8.42 Å². The Hall–Kier alpha value is -0.660. The van der Waals surface area contributed by atoms with Crippen LogP contribution in [0.15, 0.2) is 0 Å². The van der Waals surface area contributed by atoms with Crippen molar-refractivity contribution in [1.82, 2.24) is 9.21 Å². The summed E-state index contributed by atoms with van der Waals surface area (Å²) in [7, 11) is -3.15. The molecule has 18 heavy (non-hydrogen) atoms. The van der Waals surface area contributed by atoms with Gasteiger partial charge in [0.15, 0.2) is 0 Å². The molecule has 1 heterocycles. The number of piperazine rings is 1. The molecule has 3 N–H and O–H groups in total. The SMILES string of the molecule is CCC(C(=N)N)N1CCN(S(=O)(=O)C(C)C)CC1. The molecule has 0 amide bonds. The molecule has 1 aliphatic heterocycles. The van der Waals surface area contributed by atoms with Gasteiger partial charge in [0, 0.05) is 26.2 Å². The maximum atomic E-state index is 12.0. The van der Waals surface area contributed by atoms with Gasteiger partial charge in [0.25, 0.3) is 0 Å². The normalized spacial score (nSPS) is 21.1. The predicted molar refractivity (Wildman–Crippen MR) is 73.2 cm³/mol. The molecule has 0 saturated carbocycles. The van der Waals surface area contributed by atoms with Crippen molar-refractivity contribution >= 4 is 15.9 Å². The Morgan fingerprint density at radius 1 is 1.28 bits per heavy atom. The fourth-order valence-corrected chi connectivity index (χ4v) is 3.51. The summed E-state index contributed by atoms with van der Waals surface area (Å²) in [5, 5.41) is 7.16. The molecule has 1 aliphatic rings. The summed E-state index contributed by atoms with van der Waals surface area (Å²) in [6, 6.07) is -0.0612. The molecule has 0 aromatic carbocycles. The van der Waals surface area contributed by atoms with Crippen molar-refractivity contribution in [2.45, 2.75) is 38.5 Å². The van der Waals surface area contributed by atoms with E-state index in [1.54, 1.807) is 18.2 Å². The van der Waals surface area contributed by atoms with Gasteiger partial charge in [-0.1, -0.05) is 6.92 Å². The Bertz CT molecular complexity index is 386. The van der Waals surface area contributed by atoms with Crippen molar-refractivity contribution in [3.63, 3.8) is 0 Å². The second kappa shape index (κ2) is 5.99. The Balaban J connectivity index is 2.64. The van der Waals surface area contributed by atoms with Crippen LogP contribution in [0.4, 0.5) is 0 Å². The quantitative estimate of drug-likeness (QED) is 0.548. The van der Waals surface area contributed by atoms with E-state index >= 15 is 0 Å². The number of hydrogen-bond acceptors (Lipinski definition) is 4. The second-order valence-electron chi connectivity index (χ2n) is 4.91. The van der Waals surface area contributed by atoms with Crippen LogP contribution >= 0.6 is 0 Å². The molecule has 0 aliphatic carbocycles. The van der Waals surface area contributed by atoms with Gasteiger partial charge < -0.3 is 5.73 Å². The molecule has 1 atom stereocenters. The van der Waals surface area contributed by atoms with Gasteiger partial charge in [0.2, 0.25) is 10.0 Å². The Kier molecular flexibility index (Phi) is 5.12. The highest BCUT2D eigenvalue weighted by atomic mass is 32.2. The molecule has 0 spiro atoms. The van der Waals surface area contributed by atoms with Crippen molar-refractivity contribution in [2.75, 3.05) is 26.2 Å². The average Bonchev–Trinajstić information content (AvgIpc) is 2.30. The molecule has 0 aromatic heterocycles. The van der Waals surface area contributed by atoms with Crippen LogP contribution in [0.3, 0.4) is 0 Å². The number of sulfonamides is 1. The highest BCUT2D eigenvalue weighted by Gasteiger charge is 2.31. The van der Waals surface area contributed by atoms with Crippen molar-refractivity contribution in [1.29, 1.82) is 5.41 Å². The van der Waals surface area contributed by atoms with E-state index in [-0.39, 0.29) is 17.1 Å². The number of amidine groups is 1. The standard InChI is InChI=1S/C11H24N4O2S/c1-4-10(11(12)13)14-5-7-15(8-6-14)18(16,17)9(2)3/h9-10H,4-8H2,1-3H3,(H3,12,13). The van der Waals surface area contributed by atoms with E-state index in [0.717, 1.165) is 6.42 Å². The number of rotatable bonds is 5. The van der Waals surface area contributed by atoms with Crippen LogP contribution in [0.1, 0.15) is 27.2 Å². The predicted octanol–water partition coefficient (Wildman–Crippen LogP) is 0.0568. The second-order valence-corrected chi connectivity index (χ2v) is 7.40. The van der Waals surface area contributed by atoms with E-state index < -0.39 is 10.0 Å². The molecular formula is C11H24N4O2S. The fourth-order valence-electron chi connectivity index (χ4n) is 2.24. The third-order valence-electron chi connectivity index (χ3n) is 3.42. The topological polar surface area (TPSA) is 90.5 Å². The Morgan fingerprint density at radius 2 is 1.78 bits per heavy atom. The van der Waals surface area contributed by atoms with E-state index in [0.29, 0.717) is 26.2 Å². The summed E-state index contributed by atoms with van der Waals surface area (Å²) in [6.45, 7) is 7.66. The lowest BCUT2D eigenvalue weighted by Gasteiger charge is -2.38. The van der Waals surface area contributed by atoms with Gasteiger partial charge in [0.05, 0.1) is 11.3 Å². The van der Waals surface area contributed by atoms with Gasteiger partial charge in [-0.15, -0.1) is 0 Å². The van der Waals surface area contributed by atoms with E-state index in [1.807, 2.05) is 6.92 Å². The van der Waals surface area contributed by atoms with E-state index in [9.17, 15) is 8.42 Å². The van der Waals surface area contributed by atoms with E-state index in [4.69, 9.17) is 11.1 Å². The number of nitrogens with zero attached hydrogens (tertiary/aromatic N) is 2. The van der Waals surface area contributed by atoms with Crippen LogP contribution in [0.25, 0.3) is 0 Å². The highest BCUT2D eigenvalue weighted by Crippen LogP contribution is 2.15. The lowest BCUT2D eigenvalue weighted by Crippen LogP contribution is -2.55. The van der Waals surface area contributed by atoms with Crippen LogP contribution in [-0.4, -0.2) is 60.9 Å². The van der Waals surface area contributed by atoms with Crippen LogP contribution in [0, 0.1) is 5.41 Å². The zero-order chi connectivity index (χ0) is 13.9. The smallest absolute Gasteiger partial charge is 0.216 e. The minimum absolute atomic E-state index is 0.0612. The third-order valence-corrected chi connectivity index (χ3v) is 5.69. The van der Waals surface area contributed by atoms with E-state index in [2.05, 4.69) is 4.90 Å². The van der Waals surface area contributed by atoms with Gasteiger partial charge >= 0.3 is 0 Å². The Morgan fingerprint density at radius 3 is 2.11 bits per heavy atom. The van der Waals surface area contributed by atoms with Gasteiger partial charge in [-0.05, 0) is 20.3 Å². The van der Waals surface area contributed by atoms with Crippen LogP contribution in [-0.2, 0) is 10.0 Å². The van der Waals surface area contributed by atoms with Crippen molar-refractivity contribution in [2.24, 2.45) is 5.73 Å². The molecule has 1 unspecified atom stereocenters. The fraction of sp³-hybridized carbons (Fsp3) is 0.909. The van der Waals surface area contributed by atoms with Crippen LogP contribution in [0.5, 0.6) is 0 Å². The summed E-state index contributed by atoms with van der Waals surface area (Å²) in [4.78, 5) is 2.09. The molecular weight excluding hydrogens is 252 g/mol. The van der Waals surface area contributed by atoms with Crippen LogP contribution < -0.4 is 5.73 Å². The summed E-state index contributed by atoms with van der Waals surface area (Å²) < 4.78 is 25.6. The lowest BCUT2D eigenvalue weighted by atomic mass is 10.1.